The molecule has 5 heteroatoms. The number of benzene rings is 2. The minimum absolute atomic E-state index is 0.515. The van der Waals surface area contributed by atoms with E-state index < -0.39 is 0 Å². The molecule has 2 rings (SSSR count). The van der Waals surface area contributed by atoms with Crippen molar-refractivity contribution < 1.29 is 9.84 Å². The van der Waals surface area contributed by atoms with Crippen LogP contribution in [0.15, 0.2) is 67.3 Å². The Morgan fingerprint density at radius 1 is 1.17 bits per heavy atom. The Balaban J connectivity index is 1.80. The maximum atomic E-state index is 5.81. The molecule has 24 heavy (non-hydrogen) atoms. The van der Waals surface area contributed by atoms with Gasteiger partial charge < -0.3 is 10.1 Å². The molecule has 0 aliphatic carbocycles. The molecule has 0 saturated heterocycles. The van der Waals surface area contributed by atoms with Crippen LogP contribution >= 0.6 is 12.2 Å². The molecule has 2 aromatic carbocycles. The number of rotatable bonds is 8. The van der Waals surface area contributed by atoms with E-state index in [9.17, 15) is 0 Å². The summed E-state index contributed by atoms with van der Waals surface area (Å²) in [6, 6.07) is 18.2. The van der Waals surface area contributed by atoms with Crippen molar-refractivity contribution in [3.63, 3.8) is 0 Å². The van der Waals surface area contributed by atoms with Crippen molar-refractivity contribution in [1.29, 1.82) is 0 Å². The first-order chi connectivity index (χ1) is 11.8. The third-order valence-electron chi connectivity index (χ3n) is 3.19. The first kappa shape index (κ1) is 17.7. The fourth-order valence-electron chi connectivity index (χ4n) is 2.02. The fraction of sp³-hybridized carbons (Fsp3) is 0.158. The molecule has 0 fully saturated rings. The molecule has 124 valence electrons. The molecule has 0 amide bonds. The van der Waals surface area contributed by atoms with E-state index in [0.29, 0.717) is 18.3 Å². The minimum atomic E-state index is 0.515. The predicted molar refractivity (Wildman–Crippen MR) is 102 cm³/mol. The Morgan fingerprint density at radius 2 is 2.00 bits per heavy atom. The van der Waals surface area contributed by atoms with Crippen molar-refractivity contribution in [2.24, 2.45) is 0 Å². The second-order valence-electron chi connectivity index (χ2n) is 5.07. The number of thiocarbonyl (C=S) groups is 1. The molecule has 0 spiro atoms. The molecule has 0 radical (unpaired) electrons. The second-order valence-corrected chi connectivity index (χ2v) is 5.48. The van der Waals surface area contributed by atoms with Gasteiger partial charge in [-0.1, -0.05) is 42.5 Å². The maximum Gasteiger partial charge on any atom is 0.224 e. The highest BCUT2D eigenvalue weighted by Crippen LogP contribution is 2.12. The van der Waals surface area contributed by atoms with Gasteiger partial charge in [-0.05, 0) is 36.0 Å². The Kier molecular flexibility index (Phi) is 7.50. The lowest BCUT2D eigenvalue weighted by Crippen LogP contribution is -2.82. The molecule has 0 aliphatic rings. The first-order valence-electron chi connectivity index (χ1n) is 7.78. The van der Waals surface area contributed by atoms with Crippen LogP contribution < -0.4 is 20.6 Å². The van der Waals surface area contributed by atoms with E-state index in [1.807, 2.05) is 48.7 Å². The molecule has 0 atom stereocenters. The van der Waals surface area contributed by atoms with Crippen molar-refractivity contribution in [3.8, 4) is 5.75 Å². The van der Waals surface area contributed by atoms with Gasteiger partial charge in [-0.15, -0.1) is 17.1 Å². The summed E-state index contributed by atoms with van der Waals surface area (Å²) in [5.41, 5.74) is 5.14. The molecule has 0 aliphatic heterocycles. The lowest BCUT2D eigenvalue weighted by Gasteiger charge is -2.06. The van der Waals surface area contributed by atoms with Crippen LogP contribution in [-0.4, -0.2) is 24.5 Å². The number of ether oxygens (including phenoxy) is 1. The average molecular weight is 340 g/mol. The summed E-state index contributed by atoms with van der Waals surface area (Å²) in [5, 5.41) is 6.43. The van der Waals surface area contributed by atoms with Crippen molar-refractivity contribution in [1.82, 2.24) is 10.7 Å². The van der Waals surface area contributed by atoms with Crippen molar-refractivity contribution in [2.45, 2.75) is 6.42 Å². The zero-order chi connectivity index (χ0) is 17.0. The molecule has 3 N–H and O–H groups in total. The molecular weight excluding hydrogens is 318 g/mol. The lowest BCUT2D eigenvalue weighted by molar-refractivity contribution is -0.500. The second kappa shape index (κ2) is 10.2. The van der Waals surface area contributed by atoms with Gasteiger partial charge in [-0.25, -0.2) is 0 Å². The van der Waals surface area contributed by atoms with Gasteiger partial charge in [0.05, 0.1) is 6.61 Å². The standard InChI is InChI=1S/C19H21N3OS/c1-2-12-20-19(24)22-21-15-17-9-6-10-18(14-17)23-13-11-16-7-4-3-5-8-16/h2-10,14-15H,1,11-13H2,(H2,20,22,24)/p+1. The van der Waals surface area contributed by atoms with Crippen LogP contribution in [0.1, 0.15) is 11.1 Å². The van der Waals surface area contributed by atoms with Crippen LogP contribution in [0, 0.1) is 0 Å². The summed E-state index contributed by atoms with van der Waals surface area (Å²) in [7, 11) is 0. The zero-order valence-corrected chi connectivity index (χ0v) is 14.3. The lowest BCUT2D eigenvalue weighted by atomic mass is 10.2. The summed E-state index contributed by atoms with van der Waals surface area (Å²) < 4.78 is 5.81. The van der Waals surface area contributed by atoms with Gasteiger partial charge in [0.25, 0.3) is 0 Å². The van der Waals surface area contributed by atoms with Crippen molar-refractivity contribution >= 4 is 23.5 Å². The Labute approximate surface area is 148 Å². The van der Waals surface area contributed by atoms with Gasteiger partial charge >= 0.3 is 0 Å². The normalized spacial score (nSPS) is 10.3. The van der Waals surface area contributed by atoms with E-state index in [1.54, 1.807) is 6.08 Å². The smallest absolute Gasteiger partial charge is 0.224 e. The molecular formula is C19H22N3OS+. The zero-order valence-electron chi connectivity index (χ0n) is 13.5. The van der Waals surface area contributed by atoms with E-state index in [-0.39, 0.29) is 0 Å². The summed E-state index contributed by atoms with van der Waals surface area (Å²) in [6.45, 7) is 4.89. The third kappa shape index (κ3) is 6.62. The quantitative estimate of drug-likeness (QED) is 0.294. The van der Waals surface area contributed by atoms with Gasteiger partial charge in [0.2, 0.25) is 5.11 Å². The summed E-state index contributed by atoms with van der Waals surface area (Å²) in [5.74, 6) is 0.842. The van der Waals surface area contributed by atoms with E-state index in [1.165, 1.54) is 5.56 Å². The van der Waals surface area contributed by atoms with E-state index in [4.69, 9.17) is 17.0 Å². The molecule has 0 bridgehead atoms. The highest BCUT2D eigenvalue weighted by molar-refractivity contribution is 7.80. The maximum absolute atomic E-state index is 5.81. The van der Waals surface area contributed by atoms with E-state index >= 15 is 0 Å². The number of hydrazone groups is 1. The van der Waals surface area contributed by atoms with Crippen molar-refractivity contribution in [3.05, 3.63) is 78.4 Å². The van der Waals surface area contributed by atoms with Gasteiger partial charge in [0, 0.05) is 18.5 Å². The van der Waals surface area contributed by atoms with Gasteiger partial charge in [0.15, 0.2) is 6.21 Å². The number of nitrogens with one attached hydrogen (secondary N) is 3. The molecule has 0 heterocycles. The monoisotopic (exact) mass is 340 g/mol. The van der Waals surface area contributed by atoms with Crippen LogP contribution in [0.25, 0.3) is 0 Å². The molecule has 4 nitrogen and oxygen atoms in total. The van der Waals surface area contributed by atoms with Crippen molar-refractivity contribution in [2.75, 3.05) is 13.2 Å². The molecule has 2 aromatic rings. The van der Waals surface area contributed by atoms with Crippen LogP contribution in [0.4, 0.5) is 0 Å². The molecule has 0 saturated carbocycles. The molecule has 0 unspecified atom stereocenters. The average Bonchev–Trinajstić information content (AvgIpc) is 2.61. The van der Waals surface area contributed by atoms with Crippen LogP contribution in [0.3, 0.4) is 0 Å². The number of hydrogen-bond donors (Lipinski definition) is 3. The van der Waals surface area contributed by atoms with Crippen LogP contribution in [0.5, 0.6) is 5.75 Å². The minimum Gasteiger partial charge on any atom is -0.493 e. The van der Waals surface area contributed by atoms with E-state index in [2.05, 4.69) is 34.6 Å². The topological polar surface area (TPSA) is 47.3 Å². The Bertz CT molecular complexity index is 686. The van der Waals surface area contributed by atoms with Crippen LogP contribution in [0.2, 0.25) is 0 Å². The fourth-order valence-corrected chi connectivity index (χ4v) is 2.16. The van der Waals surface area contributed by atoms with Gasteiger partial charge in [-0.3, -0.25) is 0 Å². The first-order valence-corrected chi connectivity index (χ1v) is 8.19. The summed E-state index contributed by atoms with van der Waals surface area (Å²) in [4.78, 5) is 0. The Morgan fingerprint density at radius 3 is 2.79 bits per heavy atom. The summed E-state index contributed by atoms with van der Waals surface area (Å²) in [6.07, 6.45) is 4.46. The highest BCUT2D eigenvalue weighted by Gasteiger charge is 1.99. The number of hydrogen-bond acceptors (Lipinski definition) is 2. The summed E-state index contributed by atoms with van der Waals surface area (Å²) >= 11 is 5.09. The Hall–Kier alpha value is -2.66. The van der Waals surface area contributed by atoms with Crippen LogP contribution in [-0.2, 0) is 6.42 Å². The predicted octanol–water partition coefficient (Wildman–Crippen LogP) is 1.37. The highest BCUT2D eigenvalue weighted by atomic mass is 32.1. The largest absolute Gasteiger partial charge is 0.493 e. The van der Waals surface area contributed by atoms with Gasteiger partial charge in [-0.2, -0.15) is 0 Å². The number of hydrazine groups is 1. The van der Waals surface area contributed by atoms with Gasteiger partial charge in [0.1, 0.15) is 5.75 Å². The SMILES string of the molecule is C=CCNC(=S)N[NH+]=Cc1cccc(OCCc2ccccc2)c1. The third-order valence-corrected chi connectivity index (χ3v) is 3.44. The molecule has 0 aromatic heterocycles. The van der Waals surface area contributed by atoms with E-state index in [0.717, 1.165) is 17.7 Å².